The highest BCUT2D eigenvalue weighted by Gasteiger charge is 2.16. The van der Waals surface area contributed by atoms with Crippen LogP contribution in [0, 0.1) is 4.91 Å². The van der Waals surface area contributed by atoms with Crippen molar-refractivity contribution in [3.63, 3.8) is 0 Å². The van der Waals surface area contributed by atoms with Crippen molar-refractivity contribution in [2.75, 3.05) is 44.2 Å². The third-order valence-electron chi connectivity index (χ3n) is 3.11. The molecule has 0 saturated carbocycles. The van der Waals surface area contributed by atoms with Gasteiger partial charge in [0.1, 0.15) is 5.69 Å². The van der Waals surface area contributed by atoms with E-state index in [1.165, 1.54) is 0 Å². The predicted octanol–water partition coefficient (Wildman–Crippen LogP) is 1.20. The first-order chi connectivity index (χ1) is 8.33. The molecule has 5 nitrogen and oxygen atoms in total. The molecule has 0 spiro atoms. The van der Waals surface area contributed by atoms with E-state index in [2.05, 4.69) is 15.0 Å². The smallest absolute Gasteiger partial charge is 0.108 e. The largest absolute Gasteiger partial charge is 0.395 e. The van der Waals surface area contributed by atoms with Crippen molar-refractivity contribution < 1.29 is 5.11 Å². The van der Waals surface area contributed by atoms with Gasteiger partial charge in [0.2, 0.25) is 0 Å². The van der Waals surface area contributed by atoms with Gasteiger partial charge < -0.3 is 10.0 Å². The molecule has 1 saturated heterocycles. The zero-order chi connectivity index (χ0) is 12.1. The summed E-state index contributed by atoms with van der Waals surface area (Å²) in [5.41, 5.74) is 1.59. The fraction of sp³-hybridized carbons (Fsp3) is 0.500. The first-order valence-electron chi connectivity index (χ1n) is 5.85. The lowest BCUT2D eigenvalue weighted by Gasteiger charge is -2.35. The highest BCUT2D eigenvalue weighted by Crippen LogP contribution is 2.20. The van der Waals surface area contributed by atoms with Crippen molar-refractivity contribution in [1.82, 2.24) is 4.90 Å². The maximum Gasteiger partial charge on any atom is 0.108 e. The Morgan fingerprint density at radius 3 is 2.29 bits per heavy atom. The van der Waals surface area contributed by atoms with Crippen LogP contribution in [-0.4, -0.2) is 49.3 Å². The lowest BCUT2D eigenvalue weighted by Crippen LogP contribution is -2.47. The van der Waals surface area contributed by atoms with Crippen LogP contribution in [-0.2, 0) is 0 Å². The van der Waals surface area contributed by atoms with Crippen LogP contribution in [0.15, 0.2) is 29.4 Å². The van der Waals surface area contributed by atoms with Gasteiger partial charge in [-0.3, -0.25) is 4.90 Å². The number of hydrogen-bond donors (Lipinski definition) is 1. The molecule has 1 N–H and O–H groups in total. The molecular weight excluding hydrogens is 218 g/mol. The van der Waals surface area contributed by atoms with Crippen LogP contribution in [0.5, 0.6) is 0 Å². The lowest BCUT2D eigenvalue weighted by atomic mass is 10.2. The average Bonchev–Trinajstić information content (AvgIpc) is 2.40. The molecule has 1 aliphatic heterocycles. The standard InChI is InChI=1S/C12H17N3O2/c16-10-9-14-5-7-15(8-6-14)12-3-1-11(13-17)2-4-12/h1-4,16H,5-10H2. The van der Waals surface area contributed by atoms with Crippen LogP contribution in [0.2, 0.25) is 0 Å². The third-order valence-corrected chi connectivity index (χ3v) is 3.11. The van der Waals surface area contributed by atoms with Crippen LogP contribution < -0.4 is 4.90 Å². The Morgan fingerprint density at radius 1 is 1.12 bits per heavy atom. The second-order valence-corrected chi connectivity index (χ2v) is 4.16. The van der Waals surface area contributed by atoms with E-state index in [1.807, 2.05) is 12.1 Å². The molecule has 0 amide bonds. The van der Waals surface area contributed by atoms with Gasteiger partial charge in [-0.25, -0.2) is 0 Å². The van der Waals surface area contributed by atoms with Crippen molar-refractivity contribution in [2.45, 2.75) is 0 Å². The molecule has 92 valence electrons. The van der Waals surface area contributed by atoms with Gasteiger partial charge in [-0.1, -0.05) is 0 Å². The molecule has 0 aromatic heterocycles. The highest BCUT2D eigenvalue weighted by molar-refractivity contribution is 5.53. The summed E-state index contributed by atoms with van der Waals surface area (Å²) >= 11 is 0. The molecule has 0 aliphatic carbocycles. The van der Waals surface area contributed by atoms with E-state index < -0.39 is 0 Å². The van der Waals surface area contributed by atoms with Crippen LogP contribution in [0.1, 0.15) is 0 Å². The van der Waals surface area contributed by atoms with Crippen molar-refractivity contribution in [3.8, 4) is 0 Å². The summed E-state index contributed by atoms with van der Waals surface area (Å²) in [6.45, 7) is 4.81. The van der Waals surface area contributed by atoms with Crippen LogP contribution in [0.3, 0.4) is 0 Å². The number of hydrogen-bond acceptors (Lipinski definition) is 5. The van der Waals surface area contributed by atoms with Gasteiger partial charge in [0.25, 0.3) is 0 Å². The van der Waals surface area contributed by atoms with Crippen molar-refractivity contribution in [3.05, 3.63) is 29.2 Å². The number of piperazine rings is 1. The number of β-amino-alcohol motifs (C(OH)–C–C–N with tert-alkyl or cyclic N) is 1. The van der Waals surface area contributed by atoms with Crippen LogP contribution in [0.4, 0.5) is 11.4 Å². The van der Waals surface area contributed by atoms with Gasteiger partial charge in [0.05, 0.1) is 6.61 Å². The number of aliphatic hydroxyl groups is 1. The monoisotopic (exact) mass is 235 g/mol. The highest BCUT2D eigenvalue weighted by atomic mass is 16.3. The molecular formula is C12H17N3O2. The molecule has 17 heavy (non-hydrogen) atoms. The fourth-order valence-corrected chi connectivity index (χ4v) is 2.10. The van der Waals surface area contributed by atoms with E-state index in [4.69, 9.17) is 5.11 Å². The zero-order valence-electron chi connectivity index (χ0n) is 9.75. The Balaban J connectivity index is 1.93. The normalized spacial score (nSPS) is 17.1. The number of benzene rings is 1. The fourth-order valence-electron chi connectivity index (χ4n) is 2.10. The van der Waals surface area contributed by atoms with E-state index >= 15 is 0 Å². The molecule has 0 bridgehead atoms. The second-order valence-electron chi connectivity index (χ2n) is 4.16. The van der Waals surface area contributed by atoms with Gasteiger partial charge in [0, 0.05) is 38.4 Å². The summed E-state index contributed by atoms with van der Waals surface area (Å²) in [6, 6.07) is 7.34. The summed E-state index contributed by atoms with van der Waals surface area (Å²) in [7, 11) is 0. The summed E-state index contributed by atoms with van der Waals surface area (Å²) in [5.74, 6) is 0. The average molecular weight is 235 g/mol. The number of nitroso groups, excluding NO2 is 1. The maximum atomic E-state index is 10.3. The molecule has 5 heteroatoms. The minimum absolute atomic E-state index is 0.222. The third kappa shape index (κ3) is 3.01. The van der Waals surface area contributed by atoms with E-state index in [-0.39, 0.29) is 6.61 Å². The number of anilines is 1. The van der Waals surface area contributed by atoms with Gasteiger partial charge in [0.15, 0.2) is 0 Å². The second kappa shape index (κ2) is 5.75. The predicted molar refractivity (Wildman–Crippen MR) is 67.6 cm³/mol. The Morgan fingerprint density at radius 2 is 1.76 bits per heavy atom. The summed E-state index contributed by atoms with van der Waals surface area (Å²) in [5, 5.41) is 11.8. The van der Waals surface area contributed by atoms with E-state index in [1.54, 1.807) is 12.1 Å². The molecule has 1 fully saturated rings. The molecule has 2 rings (SSSR count). The molecule has 1 aliphatic rings. The van der Waals surface area contributed by atoms with Gasteiger partial charge in [-0.05, 0) is 29.4 Å². The quantitative estimate of drug-likeness (QED) is 0.797. The first-order valence-corrected chi connectivity index (χ1v) is 5.85. The molecule has 0 unspecified atom stereocenters. The van der Waals surface area contributed by atoms with Crippen LogP contribution in [0.25, 0.3) is 0 Å². The maximum absolute atomic E-state index is 10.3. The van der Waals surface area contributed by atoms with Gasteiger partial charge in [-0.2, -0.15) is 0 Å². The zero-order valence-corrected chi connectivity index (χ0v) is 9.75. The van der Waals surface area contributed by atoms with Gasteiger partial charge >= 0.3 is 0 Å². The topological polar surface area (TPSA) is 56.1 Å². The Bertz CT molecular complexity index is 359. The lowest BCUT2D eigenvalue weighted by molar-refractivity contribution is 0.189. The Hall–Kier alpha value is -1.46. The van der Waals surface area contributed by atoms with E-state index in [0.29, 0.717) is 5.69 Å². The van der Waals surface area contributed by atoms with Gasteiger partial charge in [-0.15, -0.1) is 4.91 Å². The number of aliphatic hydroxyl groups excluding tert-OH is 1. The Labute approximate surface area is 101 Å². The SMILES string of the molecule is O=Nc1ccc(N2CCN(CCO)CC2)cc1. The summed E-state index contributed by atoms with van der Waals surface area (Å²) in [6.07, 6.45) is 0. The van der Waals surface area contributed by atoms with E-state index in [0.717, 1.165) is 38.4 Å². The van der Waals surface area contributed by atoms with Crippen molar-refractivity contribution >= 4 is 11.4 Å². The molecule has 0 radical (unpaired) electrons. The first kappa shape index (κ1) is 12.0. The van der Waals surface area contributed by atoms with Crippen LogP contribution >= 0.6 is 0 Å². The minimum atomic E-state index is 0.222. The van der Waals surface area contributed by atoms with E-state index in [9.17, 15) is 4.91 Å². The summed E-state index contributed by atoms with van der Waals surface area (Å²) in [4.78, 5) is 14.8. The minimum Gasteiger partial charge on any atom is -0.395 e. The molecule has 1 heterocycles. The van der Waals surface area contributed by atoms with Crippen molar-refractivity contribution in [2.24, 2.45) is 5.18 Å². The molecule has 0 atom stereocenters. The van der Waals surface area contributed by atoms with Crippen molar-refractivity contribution in [1.29, 1.82) is 0 Å². The Kier molecular flexibility index (Phi) is 4.06. The molecule has 1 aromatic carbocycles. The number of rotatable bonds is 4. The molecule has 1 aromatic rings. The number of nitrogens with zero attached hydrogens (tertiary/aromatic N) is 3. The summed E-state index contributed by atoms with van der Waals surface area (Å²) < 4.78 is 0.